The van der Waals surface area contributed by atoms with Crippen LogP contribution in [0.15, 0.2) is 30.3 Å². The summed E-state index contributed by atoms with van der Waals surface area (Å²) in [6.45, 7) is 4.61. The van der Waals surface area contributed by atoms with Crippen LogP contribution in [0.1, 0.15) is 37.7 Å². The van der Waals surface area contributed by atoms with E-state index >= 15 is 0 Å². The number of carbonyl (C=O) groups excluding carboxylic acids is 1. The summed E-state index contributed by atoms with van der Waals surface area (Å²) in [7, 11) is 1.87. The Balaban J connectivity index is 1.79. The van der Waals surface area contributed by atoms with Crippen LogP contribution >= 0.6 is 0 Å². The number of piperidine rings is 1. The van der Waals surface area contributed by atoms with Gasteiger partial charge in [0.2, 0.25) is 5.91 Å². The molecule has 1 fully saturated rings. The van der Waals surface area contributed by atoms with Crippen molar-refractivity contribution in [3.63, 3.8) is 0 Å². The second kappa shape index (κ2) is 8.43. The molecule has 5 nitrogen and oxygen atoms in total. The highest BCUT2D eigenvalue weighted by Crippen LogP contribution is 2.24. The van der Waals surface area contributed by atoms with E-state index < -0.39 is 5.60 Å². The van der Waals surface area contributed by atoms with Crippen molar-refractivity contribution in [1.29, 1.82) is 0 Å². The summed E-state index contributed by atoms with van der Waals surface area (Å²) in [4.78, 5) is 14.4. The monoisotopic (exact) mass is 319 g/mol. The smallest absolute Gasteiger partial charge is 0.223 e. The van der Waals surface area contributed by atoms with E-state index in [1.165, 1.54) is 5.56 Å². The molecule has 0 spiro atoms. The number of benzene rings is 1. The molecule has 0 radical (unpaired) electrons. The van der Waals surface area contributed by atoms with Gasteiger partial charge in [-0.1, -0.05) is 37.3 Å². The SMILES string of the molecule is CNCNCC1(O)CCN(C(=O)C[C@@H](C)c2ccccc2)CC1. The zero-order chi connectivity index (χ0) is 16.7. The van der Waals surface area contributed by atoms with Crippen LogP contribution in [-0.4, -0.2) is 54.9 Å². The summed E-state index contributed by atoms with van der Waals surface area (Å²) >= 11 is 0. The number of rotatable bonds is 7. The molecule has 128 valence electrons. The number of aliphatic hydroxyl groups is 1. The second-order valence-corrected chi connectivity index (χ2v) is 6.58. The maximum Gasteiger partial charge on any atom is 0.223 e. The van der Waals surface area contributed by atoms with E-state index in [2.05, 4.69) is 29.7 Å². The second-order valence-electron chi connectivity index (χ2n) is 6.58. The lowest BCUT2D eigenvalue weighted by atomic mass is 9.90. The first-order valence-corrected chi connectivity index (χ1v) is 8.44. The van der Waals surface area contributed by atoms with Gasteiger partial charge in [0.1, 0.15) is 0 Å². The quantitative estimate of drug-likeness (QED) is 0.524. The summed E-state index contributed by atoms with van der Waals surface area (Å²) in [5.74, 6) is 0.411. The highest BCUT2D eigenvalue weighted by atomic mass is 16.3. The van der Waals surface area contributed by atoms with Gasteiger partial charge in [-0.15, -0.1) is 0 Å². The molecule has 1 atom stereocenters. The number of carbonyl (C=O) groups is 1. The summed E-state index contributed by atoms with van der Waals surface area (Å²) in [5.41, 5.74) is 0.504. The lowest BCUT2D eigenvalue weighted by Crippen LogP contribution is -2.52. The lowest BCUT2D eigenvalue weighted by Gasteiger charge is -2.38. The third-order valence-corrected chi connectivity index (χ3v) is 4.65. The van der Waals surface area contributed by atoms with Crippen LogP contribution < -0.4 is 10.6 Å². The van der Waals surface area contributed by atoms with Gasteiger partial charge in [-0.3, -0.25) is 4.79 Å². The van der Waals surface area contributed by atoms with Crippen LogP contribution in [0.3, 0.4) is 0 Å². The molecule has 1 saturated heterocycles. The summed E-state index contributed by atoms with van der Waals surface area (Å²) in [6.07, 6.45) is 1.80. The van der Waals surface area contributed by atoms with Gasteiger partial charge in [0.25, 0.3) is 0 Å². The summed E-state index contributed by atoms with van der Waals surface area (Å²) < 4.78 is 0. The Labute approximate surface area is 139 Å². The minimum absolute atomic E-state index is 0.187. The average Bonchev–Trinajstić information content (AvgIpc) is 2.56. The normalized spacial score (nSPS) is 18.7. The largest absolute Gasteiger partial charge is 0.388 e. The zero-order valence-electron chi connectivity index (χ0n) is 14.2. The average molecular weight is 319 g/mol. The highest BCUT2D eigenvalue weighted by molar-refractivity contribution is 5.77. The molecule has 2 rings (SSSR count). The standard InChI is InChI=1S/C18H29N3O2/c1-15(16-6-4-3-5-7-16)12-17(22)21-10-8-18(23,9-11-21)13-20-14-19-2/h3-7,15,19-20,23H,8-14H2,1-2H3/t15-/m1/s1. The Bertz CT molecular complexity index is 484. The molecule has 0 unspecified atom stereocenters. The summed E-state index contributed by atoms with van der Waals surface area (Å²) in [6, 6.07) is 10.2. The van der Waals surface area contributed by atoms with Crippen molar-refractivity contribution in [2.45, 2.75) is 37.7 Å². The van der Waals surface area contributed by atoms with Crippen molar-refractivity contribution in [3.8, 4) is 0 Å². The molecule has 5 heteroatoms. The predicted molar refractivity (Wildman–Crippen MR) is 92.2 cm³/mol. The Morgan fingerprint density at radius 2 is 1.96 bits per heavy atom. The molecule has 23 heavy (non-hydrogen) atoms. The van der Waals surface area contributed by atoms with Crippen molar-refractivity contribution in [2.75, 3.05) is 33.4 Å². The van der Waals surface area contributed by atoms with Gasteiger partial charge in [0.05, 0.1) is 5.60 Å². The first kappa shape index (κ1) is 17.9. The van der Waals surface area contributed by atoms with Crippen LogP contribution in [0.4, 0.5) is 0 Å². The van der Waals surface area contributed by atoms with Crippen molar-refractivity contribution < 1.29 is 9.90 Å². The zero-order valence-corrected chi connectivity index (χ0v) is 14.2. The molecule has 0 aromatic heterocycles. The van der Waals surface area contributed by atoms with Gasteiger partial charge in [0, 0.05) is 32.7 Å². The molecule has 1 aromatic carbocycles. The molecule has 3 N–H and O–H groups in total. The van der Waals surface area contributed by atoms with E-state index in [0.717, 1.165) is 0 Å². The lowest BCUT2D eigenvalue weighted by molar-refractivity contribution is -0.135. The third kappa shape index (κ3) is 5.30. The molecule has 1 aromatic rings. The van der Waals surface area contributed by atoms with E-state index in [4.69, 9.17) is 0 Å². The molecule has 1 aliphatic rings. The Morgan fingerprint density at radius 1 is 1.30 bits per heavy atom. The first-order valence-electron chi connectivity index (χ1n) is 8.44. The fourth-order valence-electron chi connectivity index (χ4n) is 3.06. The molecular weight excluding hydrogens is 290 g/mol. The molecule has 1 aliphatic heterocycles. The van der Waals surface area contributed by atoms with Crippen LogP contribution in [0, 0.1) is 0 Å². The van der Waals surface area contributed by atoms with E-state index in [1.807, 2.05) is 30.1 Å². The number of likely N-dealkylation sites (tertiary alicyclic amines) is 1. The van der Waals surface area contributed by atoms with Gasteiger partial charge in [-0.25, -0.2) is 0 Å². The van der Waals surface area contributed by atoms with Gasteiger partial charge < -0.3 is 20.6 Å². The molecule has 1 amide bonds. The fourth-order valence-corrected chi connectivity index (χ4v) is 3.06. The third-order valence-electron chi connectivity index (χ3n) is 4.65. The fraction of sp³-hybridized carbons (Fsp3) is 0.611. The van der Waals surface area contributed by atoms with Crippen LogP contribution in [-0.2, 0) is 4.79 Å². The van der Waals surface area contributed by atoms with Crippen LogP contribution in [0.25, 0.3) is 0 Å². The van der Waals surface area contributed by atoms with E-state index in [9.17, 15) is 9.90 Å². The van der Waals surface area contributed by atoms with Crippen molar-refractivity contribution in [2.24, 2.45) is 0 Å². The van der Waals surface area contributed by atoms with Gasteiger partial charge in [-0.2, -0.15) is 0 Å². The van der Waals surface area contributed by atoms with Gasteiger partial charge in [0.15, 0.2) is 0 Å². The molecule has 1 heterocycles. The minimum atomic E-state index is -0.696. The van der Waals surface area contributed by atoms with Gasteiger partial charge >= 0.3 is 0 Å². The number of nitrogens with one attached hydrogen (secondary N) is 2. The Morgan fingerprint density at radius 3 is 2.57 bits per heavy atom. The number of amides is 1. The molecule has 0 aliphatic carbocycles. The number of hydrogen-bond acceptors (Lipinski definition) is 4. The first-order chi connectivity index (χ1) is 11.0. The number of nitrogens with zero attached hydrogens (tertiary/aromatic N) is 1. The van der Waals surface area contributed by atoms with E-state index in [0.29, 0.717) is 45.6 Å². The van der Waals surface area contributed by atoms with Crippen molar-refractivity contribution >= 4 is 5.91 Å². The van der Waals surface area contributed by atoms with Crippen LogP contribution in [0.5, 0.6) is 0 Å². The Hall–Kier alpha value is -1.43. The molecular formula is C18H29N3O2. The minimum Gasteiger partial charge on any atom is -0.388 e. The molecule has 0 saturated carbocycles. The van der Waals surface area contributed by atoms with E-state index in [1.54, 1.807) is 0 Å². The topological polar surface area (TPSA) is 64.6 Å². The van der Waals surface area contributed by atoms with Crippen LogP contribution in [0.2, 0.25) is 0 Å². The summed E-state index contributed by atoms with van der Waals surface area (Å²) in [5, 5.41) is 16.7. The maximum absolute atomic E-state index is 12.5. The van der Waals surface area contributed by atoms with Gasteiger partial charge in [-0.05, 0) is 31.4 Å². The maximum atomic E-state index is 12.5. The van der Waals surface area contributed by atoms with Crippen molar-refractivity contribution in [1.82, 2.24) is 15.5 Å². The number of hydrogen-bond donors (Lipinski definition) is 3. The highest BCUT2D eigenvalue weighted by Gasteiger charge is 2.33. The predicted octanol–water partition coefficient (Wildman–Crippen LogP) is 1.30. The van der Waals surface area contributed by atoms with E-state index in [-0.39, 0.29) is 11.8 Å². The molecule has 0 bridgehead atoms. The Kier molecular flexibility index (Phi) is 6.57. The van der Waals surface area contributed by atoms with Crippen molar-refractivity contribution in [3.05, 3.63) is 35.9 Å².